The van der Waals surface area contributed by atoms with E-state index < -0.39 is 29.5 Å². The third kappa shape index (κ3) is 1.46. The van der Waals surface area contributed by atoms with E-state index in [0.717, 1.165) is 32.1 Å². The molecule has 4 saturated carbocycles. The van der Waals surface area contributed by atoms with Crippen LogP contribution in [-0.2, 0) is 4.74 Å². The molecule has 2 saturated heterocycles. The molecule has 4 bridgehead atoms. The summed E-state index contributed by atoms with van der Waals surface area (Å²) in [7, 11) is 0. The number of fused-ring (bicyclic) bond motifs is 2. The highest BCUT2D eigenvalue weighted by molar-refractivity contribution is 5.37. The highest BCUT2D eigenvalue weighted by atomic mass is 16.6. The molecule has 0 aromatic carbocycles. The molecule has 2 aliphatic heterocycles. The summed E-state index contributed by atoms with van der Waals surface area (Å²) in [6.07, 6.45) is 1.51. The largest absolute Gasteiger partial charge is 0.392 e. The zero-order chi connectivity index (χ0) is 18.0. The molecule has 2 spiro atoms. The average Bonchev–Trinajstić information content (AvgIpc) is 2.66. The smallest absolute Gasteiger partial charge is 0.203 e. The molecule has 9 atom stereocenters. The fourth-order valence-corrected chi connectivity index (χ4v) is 8.25. The monoisotopic (exact) mass is 350 g/mol. The lowest BCUT2D eigenvalue weighted by Gasteiger charge is -2.75. The zero-order valence-corrected chi connectivity index (χ0v) is 15.1. The molecule has 0 aromatic rings. The molecule has 4 N–H and O–H groups in total. The third-order valence-electron chi connectivity index (χ3n) is 9.01. The molecule has 4 aliphatic carbocycles. The first-order valence-corrected chi connectivity index (χ1v) is 9.74. The van der Waals surface area contributed by atoms with Crippen LogP contribution in [0.1, 0.15) is 46.0 Å². The van der Waals surface area contributed by atoms with Crippen LogP contribution in [0.3, 0.4) is 0 Å². The Hall–Kier alpha value is -0.460. The van der Waals surface area contributed by atoms with E-state index in [9.17, 15) is 20.4 Å². The van der Waals surface area contributed by atoms with Gasteiger partial charge < -0.3 is 25.2 Å². The van der Waals surface area contributed by atoms with Crippen molar-refractivity contribution in [3.05, 3.63) is 12.2 Å². The Kier molecular flexibility index (Phi) is 3.01. The minimum absolute atomic E-state index is 0.0628. The Morgan fingerprint density at radius 1 is 1.08 bits per heavy atom. The highest BCUT2D eigenvalue weighted by Gasteiger charge is 2.85. The van der Waals surface area contributed by atoms with Gasteiger partial charge in [-0.15, -0.1) is 0 Å². The van der Waals surface area contributed by atoms with E-state index in [1.165, 1.54) is 0 Å². The summed E-state index contributed by atoms with van der Waals surface area (Å²) in [5.41, 5.74) is -1.08. The zero-order valence-electron chi connectivity index (χ0n) is 15.1. The minimum atomic E-state index is -1.92. The summed E-state index contributed by atoms with van der Waals surface area (Å²) in [5.74, 6) is -2.30. The van der Waals surface area contributed by atoms with Gasteiger partial charge >= 0.3 is 0 Å². The van der Waals surface area contributed by atoms with Crippen LogP contribution in [0.5, 0.6) is 0 Å². The lowest BCUT2D eigenvalue weighted by molar-refractivity contribution is -0.468. The van der Waals surface area contributed by atoms with Crippen molar-refractivity contribution in [1.29, 1.82) is 0 Å². The quantitative estimate of drug-likeness (QED) is 0.493. The number of aliphatic hydroxyl groups is 4. The van der Waals surface area contributed by atoms with Crippen molar-refractivity contribution in [3.63, 3.8) is 0 Å². The van der Waals surface area contributed by atoms with Gasteiger partial charge in [0.25, 0.3) is 0 Å². The molecule has 25 heavy (non-hydrogen) atoms. The van der Waals surface area contributed by atoms with Gasteiger partial charge in [-0.3, -0.25) is 0 Å². The van der Waals surface area contributed by atoms with Gasteiger partial charge in [-0.25, -0.2) is 0 Å². The molecule has 6 aliphatic rings. The molecule has 5 heteroatoms. The third-order valence-corrected chi connectivity index (χ3v) is 9.01. The molecule has 140 valence electrons. The van der Waals surface area contributed by atoms with Gasteiger partial charge in [-0.05, 0) is 42.6 Å². The summed E-state index contributed by atoms with van der Waals surface area (Å²) < 4.78 is 5.95. The fourth-order valence-electron chi connectivity index (χ4n) is 8.25. The Morgan fingerprint density at radius 2 is 1.80 bits per heavy atom. The summed E-state index contributed by atoms with van der Waals surface area (Å²) in [4.78, 5) is 0. The van der Waals surface area contributed by atoms with Gasteiger partial charge in [-0.2, -0.15) is 0 Å². The second kappa shape index (κ2) is 4.50. The van der Waals surface area contributed by atoms with E-state index in [0.29, 0.717) is 12.2 Å². The van der Waals surface area contributed by atoms with Gasteiger partial charge in [0.1, 0.15) is 6.10 Å². The average molecular weight is 350 g/mol. The van der Waals surface area contributed by atoms with Crippen LogP contribution in [0.15, 0.2) is 12.2 Å². The molecule has 0 aromatic heterocycles. The van der Waals surface area contributed by atoms with E-state index in [-0.39, 0.29) is 28.6 Å². The van der Waals surface area contributed by atoms with Crippen molar-refractivity contribution in [2.75, 3.05) is 6.61 Å². The molecule has 5 nitrogen and oxygen atoms in total. The Bertz CT molecular complexity index is 646. The van der Waals surface area contributed by atoms with Gasteiger partial charge in [0.2, 0.25) is 5.79 Å². The first kappa shape index (κ1) is 16.7. The number of hydrogen-bond acceptors (Lipinski definition) is 5. The van der Waals surface area contributed by atoms with Crippen molar-refractivity contribution in [2.24, 2.45) is 34.0 Å². The highest BCUT2D eigenvalue weighted by Crippen LogP contribution is 2.77. The summed E-state index contributed by atoms with van der Waals surface area (Å²) in [6.45, 7) is 8.77. The van der Waals surface area contributed by atoms with E-state index in [2.05, 4.69) is 20.4 Å². The molecule has 6 rings (SSSR count). The van der Waals surface area contributed by atoms with Crippen LogP contribution in [0.25, 0.3) is 0 Å². The molecule has 0 amide bonds. The van der Waals surface area contributed by atoms with Crippen LogP contribution in [0.2, 0.25) is 0 Å². The van der Waals surface area contributed by atoms with E-state index in [4.69, 9.17) is 4.74 Å². The van der Waals surface area contributed by atoms with Gasteiger partial charge in [0.15, 0.2) is 0 Å². The van der Waals surface area contributed by atoms with Crippen molar-refractivity contribution < 1.29 is 25.2 Å². The second-order valence-corrected chi connectivity index (χ2v) is 10.1. The van der Waals surface area contributed by atoms with Gasteiger partial charge in [-0.1, -0.05) is 26.8 Å². The summed E-state index contributed by atoms with van der Waals surface area (Å²) in [5, 5.41) is 45.3. The maximum Gasteiger partial charge on any atom is 0.203 e. The van der Waals surface area contributed by atoms with Crippen LogP contribution < -0.4 is 0 Å². The summed E-state index contributed by atoms with van der Waals surface area (Å²) in [6, 6.07) is 0. The van der Waals surface area contributed by atoms with Crippen molar-refractivity contribution in [1.82, 2.24) is 0 Å². The standard InChI is InChI=1S/C20H30O5/c1-10-11-5-6-12-18-8-4-7-17(2,3)13(18)16(23)20(24,25-9-18)19(12,14(10)21)15(11)22/h11-16,21-24H,1,4-9H2,2-3H3/t11-,12-,13+,14+,15+,16-,18+,19-,20?/m0/s1. The molecular formula is C20H30O5. The van der Waals surface area contributed by atoms with E-state index >= 15 is 0 Å². The number of ether oxygens (including phenoxy) is 1. The maximum absolute atomic E-state index is 11.7. The fraction of sp³-hybridized carbons (Fsp3) is 0.900. The van der Waals surface area contributed by atoms with E-state index in [1.807, 2.05) is 0 Å². The SMILES string of the molecule is C=C1[C@@H](O)[C@]23[C@H](O)[C@H]1CC[C@H]2[C@]12CCCC(C)(C)[C@H]1[C@H](O)C3(O)OC2. The normalized spacial score (nSPS) is 61.8. The molecule has 1 unspecified atom stereocenters. The van der Waals surface area contributed by atoms with Crippen molar-refractivity contribution in [3.8, 4) is 0 Å². The number of hydrogen-bond donors (Lipinski definition) is 4. The van der Waals surface area contributed by atoms with Crippen LogP contribution in [0, 0.1) is 34.0 Å². The molecule has 0 radical (unpaired) electrons. The predicted octanol–water partition coefficient (Wildman–Crippen LogP) is 1.20. The first-order valence-electron chi connectivity index (χ1n) is 9.74. The van der Waals surface area contributed by atoms with Crippen LogP contribution in [-0.4, -0.2) is 51.1 Å². The topological polar surface area (TPSA) is 90.2 Å². The second-order valence-electron chi connectivity index (χ2n) is 10.1. The van der Waals surface area contributed by atoms with Crippen molar-refractivity contribution >= 4 is 0 Å². The molecule has 2 heterocycles. The Labute approximate surface area is 148 Å². The number of aliphatic hydroxyl groups excluding tert-OH is 3. The lowest BCUT2D eigenvalue weighted by atomic mass is 9.36. The predicted molar refractivity (Wildman–Crippen MR) is 90.3 cm³/mol. The summed E-state index contributed by atoms with van der Waals surface area (Å²) >= 11 is 0. The minimum Gasteiger partial charge on any atom is -0.392 e. The lowest BCUT2D eigenvalue weighted by Crippen LogP contribution is -2.84. The molecular weight excluding hydrogens is 320 g/mol. The van der Waals surface area contributed by atoms with Crippen LogP contribution in [0.4, 0.5) is 0 Å². The maximum atomic E-state index is 11.7. The van der Waals surface area contributed by atoms with Gasteiger partial charge in [0.05, 0.1) is 24.2 Å². The number of rotatable bonds is 0. The van der Waals surface area contributed by atoms with E-state index in [1.54, 1.807) is 0 Å². The molecule has 6 fully saturated rings. The Morgan fingerprint density at radius 3 is 2.52 bits per heavy atom. The van der Waals surface area contributed by atoms with Crippen LogP contribution >= 0.6 is 0 Å². The first-order chi connectivity index (χ1) is 11.6. The Balaban J connectivity index is 1.78. The van der Waals surface area contributed by atoms with Crippen molar-refractivity contribution in [2.45, 2.75) is 70.1 Å². The van der Waals surface area contributed by atoms with Gasteiger partial charge in [0, 0.05) is 17.3 Å².